The van der Waals surface area contributed by atoms with E-state index in [1.165, 1.54) is 5.56 Å². The molecule has 0 aromatic heterocycles. The van der Waals surface area contributed by atoms with Crippen LogP contribution >= 0.6 is 11.6 Å². The van der Waals surface area contributed by atoms with Gasteiger partial charge in [-0.3, -0.25) is 9.80 Å². The van der Waals surface area contributed by atoms with Crippen molar-refractivity contribution in [3.8, 4) is 5.75 Å². The number of piperazine rings is 1. The molecule has 0 bridgehead atoms. The molecule has 0 amide bonds. The molecule has 1 fully saturated rings. The fourth-order valence-corrected chi connectivity index (χ4v) is 4.55. The molecular weight excluding hydrogens is 408 g/mol. The summed E-state index contributed by atoms with van der Waals surface area (Å²) in [5.74, 6) is 0.881. The van der Waals surface area contributed by atoms with E-state index >= 15 is 0 Å². The maximum Gasteiger partial charge on any atom is 0.118 e. The molecule has 0 aliphatic carbocycles. The van der Waals surface area contributed by atoms with Gasteiger partial charge in [0, 0.05) is 37.7 Å². The Labute approximate surface area is 189 Å². The van der Waals surface area contributed by atoms with Crippen molar-refractivity contribution in [1.82, 2.24) is 9.80 Å². The quantitative estimate of drug-likeness (QED) is 0.569. The molecule has 0 unspecified atom stereocenters. The zero-order valence-corrected chi connectivity index (χ0v) is 18.6. The molecule has 3 aromatic rings. The monoisotopic (exact) mass is 436 g/mol. The lowest BCUT2D eigenvalue weighted by atomic mass is 9.93. The van der Waals surface area contributed by atoms with Gasteiger partial charge in [0.1, 0.15) is 5.75 Å². The molecule has 2 atom stereocenters. The van der Waals surface area contributed by atoms with Crippen molar-refractivity contribution >= 4 is 11.6 Å². The van der Waals surface area contributed by atoms with E-state index in [1.807, 2.05) is 66.7 Å². The van der Waals surface area contributed by atoms with E-state index in [-0.39, 0.29) is 6.04 Å². The van der Waals surface area contributed by atoms with Crippen LogP contribution in [-0.2, 0) is 6.54 Å². The third-order valence-electron chi connectivity index (χ3n) is 6.03. The third kappa shape index (κ3) is 5.28. The van der Waals surface area contributed by atoms with E-state index in [1.54, 1.807) is 7.11 Å². The Kier molecular flexibility index (Phi) is 7.25. The lowest BCUT2D eigenvalue weighted by molar-refractivity contribution is 0.0149. The highest BCUT2D eigenvalue weighted by Crippen LogP contribution is 2.38. The maximum atomic E-state index is 11.3. The Balaban J connectivity index is 1.48. The zero-order chi connectivity index (χ0) is 21.6. The molecule has 5 heteroatoms. The molecule has 4 rings (SSSR count). The van der Waals surface area contributed by atoms with Crippen LogP contribution in [0.2, 0.25) is 5.02 Å². The normalized spacial score (nSPS) is 17.3. The van der Waals surface area contributed by atoms with Crippen molar-refractivity contribution in [2.45, 2.75) is 18.7 Å². The molecule has 1 aliphatic rings. The Hall–Kier alpha value is -2.37. The second kappa shape index (κ2) is 10.3. The highest BCUT2D eigenvalue weighted by molar-refractivity contribution is 6.31. The highest BCUT2D eigenvalue weighted by atomic mass is 35.5. The molecule has 1 N–H and O–H groups in total. The smallest absolute Gasteiger partial charge is 0.118 e. The average molecular weight is 437 g/mol. The first kappa shape index (κ1) is 21.8. The number of aliphatic hydroxyl groups is 1. The molecule has 1 saturated heterocycles. The summed E-state index contributed by atoms with van der Waals surface area (Å²) in [5, 5.41) is 12.0. The van der Waals surface area contributed by atoms with Crippen LogP contribution in [-0.4, -0.2) is 48.2 Å². The van der Waals surface area contributed by atoms with Gasteiger partial charge in [-0.25, -0.2) is 0 Å². The molecular formula is C26H29ClN2O2. The van der Waals surface area contributed by atoms with Gasteiger partial charge in [0.2, 0.25) is 0 Å². The van der Waals surface area contributed by atoms with Crippen molar-refractivity contribution in [2.24, 2.45) is 0 Å². The van der Waals surface area contributed by atoms with Gasteiger partial charge in [0.25, 0.3) is 0 Å². The third-order valence-corrected chi connectivity index (χ3v) is 6.37. The molecule has 0 radical (unpaired) electrons. The second-order valence-electron chi connectivity index (χ2n) is 7.98. The van der Waals surface area contributed by atoms with Crippen molar-refractivity contribution in [2.75, 3.05) is 33.3 Å². The number of ether oxygens (including phenoxy) is 1. The summed E-state index contributed by atoms with van der Waals surface area (Å²) < 4.78 is 5.26. The van der Waals surface area contributed by atoms with E-state index in [4.69, 9.17) is 16.3 Å². The van der Waals surface area contributed by atoms with Gasteiger partial charge in [-0.2, -0.15) is 0 Å². The Morgan fingerprint density at radius 3 is 2.16 bits per heavy atom. The summed E-state index contributed by atoms with van der Waals surface area (Å²) in [6.07, 6.45) is -0.644. The van der Waals surface area contributed by atoms with Crippen molar-refractivity contribution < 1.29 is 9.84 Å². The summed E-state index contributed by atoms with van der Waals surface area (Å²) in [7, 11) is 1.69. The number of hydrogen-bond donors (Lipinski definition) is 1. The highest BCUT2D eigenvalue weighted by Gasteiger charge is 2.32. The Bertz CT molecular complexity index is 957. The van der Waals surface area contributed by atoms with E-state index < -0.39 is 6.10 Å². The van der Waals surface area contributed by atoms with Crippen LogP contribution in [0.25, 0.3) is 0 Å². The van der Waals surface area contributed by atoms with E-state index in [0.29, 0.717) is 5.02 Å². The van der Waals surface area contributed by atoms with E-state index in [2.05, 4.69) is 21.9 Å². The van der Waals surface area contributed by atoms with Gasteiger partial charge in [-0.1, -0.05) is 72.3 Å². The molecule has 3 aromatic carbocycles. The van der Waals surface area contributed by atoms with Crippen molar-refractivity contribution in [1.29, 1.82) is 0 Å². The minimum Gasteiger partial charge on any atom is -0.497 e. The molecule has 4 nitrogen and oxygen atoms in total. The van der Waals surface area contributed by atoms with Crippen molar-refractivity contribution in [3.05, 3.63) is 101 Å². The number of benzene rings is 3. The summed E-state index contributed by atoms with van der Waals surface area (Å²) in [6.45, 7) is 4.53. The van der Waals surface area contributed by atoms with Gasteiger partial charge in [-0.05, 0) is 34.9 Å². The standard InChI is InChI=1S/C26H29ClN2O2/c1-31-22-13-11-20(12-14-22)19-28-15-17-29(18-16-28)25(23-9-5-6-10-24(23)27)26(30)21-7-3-2-4-8-21/h2-14,25-26,30H,15-19H2,1H3/t25-,26-/m1/s1. The van der Waals surface area contributed by atoms with Gasteiger partial charge in [-0.15, -0.1) is 0 Å². The number of aliphatic hydroxyl groups excluding tert-OH is 1. The van der Waals surface area contributed by atoms with Crippen LogP contribution in [0.5, 0.6) is 5.75 Å². The summed E-state index contributed by atoms with van der Waals surface area (Å²) in [6, 6.07) is 25.8. The summed E-state index contributed by atoms with van der Waals surface area (Å²) in [4.78, 5) is 4.82. The van der Waals surface area contributed by atoms with Gasteiger partial charge >= 0.3 is 0 Å². The van der Waals surface area contributed by atoms with Crippen LogP contribution < -0.4 is 4.74 Å². The Morgan fingerprint density at radius 1 is 0.871 bits per heavy atom. The van der Waals surface area contributed by atoms with Gasteiger partial charge < -0.3 is 9.84 Å². The van der Waals surface area contributed by atoms with Gasteiger partial charge in [0.15, 0.2) is 0 Å². The summed E-state index contributed by atoms with van der Waals surface area (Å²) >= 11 is 6.57. The zero-order valence-electron chi connectivity index (χ0n) is 17.8. The first-order valence-electron chi connectivity index (χ1n) is 10.7. The van der Waals surface area contributed by atoms with Crippen molar-refractivity contribution in [3.63, 3.8) is 0 Å². The SMILES string of the molecule is COc1ccc(CN2CCN([C@H](c3ccccc3Cl)[C@H](O)c3ccccc3)CC2)cc1. The molecule has 1 heterocycles. The fraction of sp³-hybridized carbons (Fsp3) is 0.308. The van der Waals surface area contributed by atoms with Crippen LogP contribution in [0.15, 0.2) is 78.9 Å². The lowest BCUT2D eigenvalue weighted by Crippen LogP contribution is -2.48. The predicted octanol–water partition coefficient (Wildman–Crippen LogP) is 4.94. The average Bonchev–Trinajstić information content (AvgIpc) is 2.82. The minimum absolute atomic E-state index is 0.181. The molecule has 31 heavy (non-hydrogen) atoms. The topological polar surface area (TPSA) is 35.9 Å². The molecule has 1 aliphatic heterocycles. The molecule has 0 spiro atoms. The van der Waals surface area contributed by atoms with E-state index in [0.717, 1.165) is 49.6 Å². The van der Waals surface area contributed by atoms with Crippen LogP contribution in [0.1, 0.15) is 28.8 Å². The Morgan fingerprint density at radius 2 is 1.52 bits per heavy atom. The molecule has 0 saturated carbocycles. The van der Waals surface area contributed by atoms with Gasteiger partial charge in [0.05, 0.1) is 19.3 Å². The lowest BCUT2D eigenvalue weighted by Gasteiger charge is -2.41. The minimum atomic E-state index is -0.644. The molecule has 162 valence electrons. The van der Waals surface area contributed by atoms with Crippen LogP contribution in [0.3, 0.4) is 0 Å². The van der Waals surface area contributed by atoms with E-state index in [9.17, 15) is 5.11 Å². The number of rotatable bonds is 7. The number of nitrogens with zero attached hydrogens (tertiary/aromatic N) is 2. The van der Waals surface area contributed by atoms with Crippen LogP contribution in [0.4, 0.5) is 0 Å². The number of methoxy groups -OCH3 is 1. The largest absolute Gasteiger partial charge is 0.497 e. The predicted molar refractivity (Wildman–Crippen MR) is 125 cm³/mol. The fourth-order valence-electron chi connectivity index (χ4n) is 4.30. The first-order chi connectivity index (χ1) is 15.2. The summed E-state index contributed by atoms with van der Waals surface area (Å²) in [5.41, 5.74) is 3.17. The maximum absolute atomic E-state index is 11.3. The second-order valence-corrected chi connectivity index (χ2v) is 8.39. The van der Waals surface area contributed by atoms with Crippen LogP contribution in [0, 0.1) is 0 Å². The first-order valence-corrected chi connectivity index (χ1v) is 11.1. The number of hydrogen-bond acceptors (Lipinski definition) is 4. The number of halogens is 1.